The summed E-state index contributed by atoms with van der Waals surface area (Å²) < 4.78 is 4.94. The van der Waals surface area contributed by atoms with E-state index in [1.54, 1.807) is 23.9 Å². The second-order valence-corrected chi connectivity index (χ2v) is 10.5. The van der Waals surface area contributed by atoms with Crippen LogP contribution in [0.25, 0.3) is 11.3 Å². The number of amides is 2. The molecule has 0 bridgehead atoms. The predicted octanol–water partition coefficient (Wildman–Crippen LogP) is 3.80. The summed E-state index contributed by atoms with van der Waals surface area (Å²) in [4.78, 5) is 40.8. The van der Waals surface area contributed by atoms with Crippen molar-refractivity contribution in [3.8, 4) is 11.3 Å². The molecule has 8 nitrogen and oxygen atoms in total. The van der Waals surface area contributed by atoms with Crippen molar-refractivity contribution in [1.82, 2.24) is 15.6 Å². The third kappa shape index (κ3) is 7.04. The highest BCUT2D eigenvalue weighted by Gasteiger charge is 2.30. The molecule has 10 heteroatoms. The zero-order chi connectivity index (χ0) is 23.9. The normalized spacial score (nSPS) is 19.6. The van der Waals surface area contributed by atoms with Crippen molar-refractivity contribution in [3.63, 3.8) is 0 Å². The Morgan fingerprint density at radius 3 is 2.71 bits per heavy atom. The topological polar surface area (TPSA) is 109 Å². The van der Waals surface area contributed by atoms with Crippen molar-refractivity contribution < 1.29 is 19.1 Å². The summed E-state index contributed by atoms with van der Waals surface area (Å²) in [5.41, 5.74) is 2.31. The molecule has 1 unspecified atom stereocenters. The highest BCUT2D eigenvalue weighted by Crippen LogP contribution is 2.27. The minimum absolute atomic E-state index is 0.0421. The Morgan fingerprint density at radius 1 is 1.18 bits per heavy atom. The summed E-state index contributed by atoms with van der Waals surface area (Å²) in [6.07, 6.45) is 5.17. The minimum Gasteiger partial charge on any atom is -0.466 e. The number of nitrogens with one attached hydrogen (secondary N) is 3. The molecule has 2 aliphatic rings. The molecule has 34 heavy (non-hydrogen) atoms. The maximum Gasteiger partial charge on any atom is 0.305 e. The Kier molecular flexibility index (Phi) is 8.58. The van der Waals surface area contributed by atoms with E-state index < -0.39 is 0 Å². The Hall–Kier alpha value is -2.43. The molecule has 4 rings (SSSR count). The molecular formula is C24H30N4O4S2. The monoisotopic (exact) mass is 502 g/mol. The fourth-order valence-corrected chi connectivity index (χ4v) is 5.62. The molecule has 3 N–H and O–H groups in total. The van der Waals surface area contributed by atoms with Crippen LogP contribution in [-0.2, 0) is 14.3 Å². The predicted molar refractivity (Wildman–Crippen MR) is 135 cm³/mol. The SMILES string of the molecule is CCOC(=O)CCCCC1N[C@H](C(=O)Nc2nc(-c3ccc(C(=O)NC4CC4)cc3)cs2)CS1. The molecular weight excluding hydrogens is 472 g/mol. The standard InChI is InChI=1S/C24H30N4O4S2/c1-2-32-21(29)6-4-3-5-20-26-19(14-33-20)23(31)28-24-27-18(13-34-24)15-7-9-16(10-8-15)22(30)25-17-11-12-17/h7-10,13,17,19-20,26H,2-6,11-12,14H2,1H3,(H,25,30)(H,27,28,31)/t19-,20?/m0/s1. The number of hydrogen-bond acceptors (Lipinski definition) is 8. The van der Waals surface area contributed by atoms with Gasteiger partial charge >= 0.3 is 5.97 Å². The van der Waals surface area contributed by atoms with Gasteiger partial charge in [0.15, 0.2) is 5.13 Å². The number of nitrogens with zero attached hydrogens (tertiary/aromatic N) is 1. The lowest BCUT2D eigenvalue weighted by atomic mass is 10.1. The Morgan fingerprint density at radius 2 is 1.97 bits per heavy atom. The molecule has 1 aromatic heterocycles. The number of carbonyl (C=O) groups excluding carboxylic acids is 3. The first-order valence-corrected chi connectivity index (χ1v) is 13.7. The number of unbranched alkanes of at least 4 members (excludes halogenated alkanes) is 1. The van der Waals surface area contributed by atoms with Crippen LogP contribution in [0, 0.1) is 0 Å². The first-order valence-electron chi connectivity index (χ1n) is 11.7. The van der Waals surface area contributed by atoms with E-state index in [4.69, 9.17) is 4.74 Å². The number of ether oxygens (including phenoxy) is 1. The van der Waals surface area contributed by atoms with Crippen molar-refractivity contribution in [2.75, 3.05) is 17.7 Å². The van der Waals surface area contributed by atoms with Crippen molar-refractivity contribution >= 4 is 46.0 Å². The van der Waals surface area contributed by atoms with Crippen LogP contribution in [-0.4, -0.2) is 52.6 Å². The fourth-order valence-electron chi connectivity index (χ4n) is 3.63. The fraction of sp³-hybridized carbons (Fsp3) is 0.500. The van der Waals surface area contributed by atoms with Crippen molar-refractivity contribution in [2.24, 2.45) is 0 Å². The zero-order valence-corrected chi connectivity index (χ0v) is 20.8. The van der Waals surface area contributed by atoms with E-state index >= 15 is 0 Å². The quantitative estimate of drug-likeness (QED) is 0.317. The van der Waals surface area contributed by atoms with Crippen LogP contribution in [0.4, 0.5) is 5.13 Å². The van der Waals surface area contributed by atoms with Gasteiger partial charge in [0, 0.05) is 34.7 Å². The van der Waals surface area contributed by atoms with Gasteiger partial charge in [0.05, 0.1) is 23.7 Å². The maximum atomic E-state index is 12.7. The molecule has 2 heterocycles. The molecule has 1 saturated heterocycles. The smallest absolute Gasteiger partial charge is 0.305 e. The van der Waals surface area contributed by atoms with Crippen molar-refractivity contribution in [2.45, 2.75) is 62.9 Å². The van der Waals surface area contributed by atoms with E-state index in [1.165, 1.54) is 11.3 Å². The van der Waals surface area contributed by atoms with Gasteiger partial charge < -0.3 is 15.4 Å². The number of rotatable bonds is 11. The van der Waals surface area contributed by atoms with Gasteiger partial charge in [-0.1, -0.05) is 18.6 Å². The van der Waals surface area contributed by atoms with Crippen LogP contribution in [0.15, 0.2) is 29.6 Å². The zero-order valence-electron chi connectivity index (χ0n) is 19.2. The number of esters is 1. The molecule has 2 fully saturated rings. The number of hydrogen-bond donors (Lipinski definition) is 3. The van der Waals surface area contributed by atoms with Gasteiger partial charge in [0.1, 0.15) is 0 Å². The lowest BCUT2D eigenvalue weighted by Crippen LogP contribution is -2.40. The van der Waals surface area contributed by atoms with Gasteiger partial charge in [-0.3, -0.25) is 19.7 Å². The third-order valence-electron chi connectivity index (χ3n) is 5.66. The number of carbonyl (C=O) groups is 3. The maximum absolute atomic E-state index is 12.7. The third-order valence-corrected chi connectivity index (χ3v) is 7.72. The summed E-state index contributed by atoms with van der Waals surface area (Å²) >= 11 is 3.12. The Labute approximate surface area is 207 Å². The molecule has 1 aromatic carbocycles. The van der Waals surface area contributed by atoms with Crippen LogP contribution in [0.1, 0.15) is 55.8 Å². The highest BCUT2D eigenvalue weighted by atomic mass is 32.2. The largest absolute Gasteiger partial charge is 0.466 e. The molecule has 2 aromatic rings. The molecule has 1 aliphatic heterocycles. The number of benzene rings is 1. The van der Waals surface area contributed by atoms with Gasteiger partial charge in [-0.05, 0) is 44.7 Å². The lowest BCUT2D eigenvalue weighted by molar-refractivity contribution is -0.143. The van der Waals surface area contributed by atoms with Gasteiger partial charge in [-0.2, -0.15) is 0 Å². The number of thiazole rings is 1. The van der Waals surface area contributed by atoms with E-state index in [9.17, 15) is 14.4 Å². The minimum atomic E-state index is -0.267. The summed E-state index contributed by atoms with van der Waals surface area (Å²) in [5.74, 6) is 0.426. The van der Waals surface area contributed by atoms with Crippen molar-refractivity contribution in [1.29, 1.82) is 0 Å². The summed E-state index contributed by atoms with van der Waals surface area (Å²) in [5, 5.41) is 11.9. The average molecular weight is 503 g/mol. The first-order chi connectivity index (χ1) is 16.5. The van der Waals surface area contributed by atoms with Crippen LogP contribution in [0.5, 0.6) is 0 Å². The summed E-state index contributed by atoms with van der Waals surface area (Å²) in [6.45, 7) is 2.23. The van der Waals surface area contributed by atoms with E-state index in [1.807, 2.05) is 24.4 Å². The van der Waals surface area contributed by atoms with Gasteiger partial charge in [-0.25, -0.2) is 4.98 Å². The van der Waals surface area contributed by atoms with E-state index in [-0.39, 0.29) is 29.2 Å². The van der Waals surface area contributed by atoms with Gasteiger partial charge in [0.2, 0.25) is 5.91 Å². The van der Waals surface area contributed by atoms with Crippen LogP contribution < -0.4 is 16.0 Å². The highest BCUT2D eigenvalue weighted by molar-refractivity contribution is 8.00. The second-order valence-electron chi connectivity index (χ2n) is 8.44. The Balaban J connectivity index is 1.21. The molecule has 2 atom stereocenters. The van der Waals surface area contributed by atoms with E-state index in [0.29, 0.717) is 35.5 Å². The van der Waals surface area contributed by atoms with Crippen LogP contribution >= 0.6 is 23.1 Å². The summed E-state index contributed by atoms with van der Waals surface area (Å²) in [6, 6.07) is 7.43. The Bertz CT molecular complexity index is 1010. The van der Waals surface area contributed by atoms with E-state index in [2.05, 4.69) is 20.9 Å². The summed E-state index contributed by atoms with van der Waals surface area (Å²) in [7, 11) is 0. The molecule has 0 radical (unpaired) electrons. The van der Waals surface area contributed by atoms with Gasteiger partial charge in [0.25, 0.3) is 5.91 Å². The van der Waals surface area contributed by atoms with E-state index in [0.717, 1.165) is 43.4 Å². The number of thioether (sulfide) groups is 1. The van der Waals surface area contributed by atoms with Crippen LogP contribution in [0.2, 0.25) is 0 Å². The molecule has 2 amide bonds. The van der Waals surface area contributed by atoms with Crippen LogP contribution in [0.3, 0.4) is 0 Å². The molecule has 1 saturated carbocycles. The lowest BCUT2D eigenvalue weighted by Gasteiger charge is -2.12. The van der Waals surface area contributed by atoms with Gasteiger partial charge in [-0.15, -0.1) is 23.1 Å². The molecule has 182 valence electrons. The number of anilines is 1. The molecule has 0 spiro atoms. The number of aromatic nitrogens is 1. The average Bonchev–Trinajstić information content (AvgIpc) is 3.31. The molecule has 1 aliphatic carbocycles. The van der Waals surface area contributed by atoms with Crippen molar-refractivity contribution in [3.05, 3.63) is 35.2 Å². The first kappa shape index (κ1) is 24.7. The second kappa shape index (κ2) is 11.8.